The number of nitrogens with two attached hydrogens (primary N) is 1. The van der Waals surface area contributed by atoms with Gasteiger partial charge in [-0.05, 0) is 42.7 Å². The van der Waals surface area contributed by atoms with Gasteiger partial charge >= 0.3 is 0 Å². The Hall–Kier alpha value is -1.71. The van der Waals surface area contributed by atoms with Crippen molar-refractivity contribution in [2.24, 2.45) is 5.73 Å². The van der Waals surface area contributed by atoms with Gasteiger partial charge in [-0.3, -0.25) is 0 Å². The van der Waals surface area contributed by atoms with Crippen LogP contribution in [0.5, 0.6) is 17.2 Å². The first-order valence-corrected chi connectivity index (χ1v) is 7.36. The SMILES string of the molecule is CCC(N)Cc1ccc(Oc2ccccc2OC)cc1Cl. The van der Waals surface area contributed by atoms with Crippen LogP contribution in [-0.2, 0) is 6.42 Å². The third-order valence-corrected chi connectivity index (χ3v) is 3.68. The van der Waals surface area contributed by atoms with Crippen molar-refractivity contribution in [3.8, 4) is 17.2 Å². The van der Waals surface area contributed by atoms with Crippen LogP contribution < -0.4 is 15.2 Å². The summed E-state index contributed by atoms with van der Waals surface area (Å²) < 4.78 is 11.1. The van der Waals surface area contributed by atoms with Crippen molar-refractivity contribution in [2.75, 3.05) is 7.11 Å². The largest absolute Gasteiger partial charge is 0.493 e. The summed E-state index contributed by atoms with van der Waals surface area (Å²) in [4.78, 5) is 0. The summed E-state index contributed by atoms with van der Waals surface area (Å²) in [5.41, 5.74) is 7.01. The van der Waals surface area contributed by atoms with Crippen molar-refractivity contribution in [1.29, 1.82) is 0 Å². The van der Waals surface area contributed by atoms with Crippen LogP contribution in [0.4, 0.5) is 0 Å². The molecular formula is C17H20ClNO2. The minimum Gasteiger partial charge on any atom is -0.493 e. The molecule has 0 aliphatic rings. The monoisotopic (exact) mass is 305 g/mol. The summed E-state index contributed by atoms with van der Waals surface area (Å²) in [6.45, 7) is 2.07. The Morgan fingerprint density at radius 3 is 2.48 bits per heavy atom. The fourth-order valence-corrected chi connectivity index (χ4v) is 2.26. The topological polar surface area (TPSA) is 44.5 Å². The second kappa shape index (κ2) is 7.34. The molecule has 0 spiro atoms. The number of hydrogen-bond donors (Lipinski definition) is 1. The first kappa shape index (κ1) is 15.7. The predicted molar refractivity (Wildman–Crippen MR) is 86.5 cm³/mol. The van der Waals surface area contributed by atoms with Crippen LogP contribution in [0.3, 0.4) is 0 Å². The van der Waals surface area contributed by atoms with Gasteiger partial charge in [0.25, 0.3) is 0 Å². The van der Waals surface area contributed by atoms with Crippen LogP contribution in [0.25, 0.3) is 0 Å². The van der Waals surface area contributed by atoms with Crippen LogP contribution in [-0.4, -0.2) is 13.2 Å². The van der Waals surface area contributed by atoms with Gasteiger partial charge in [0.15, 0.2) is 11.5 Å². The third-order valence-electron chi connectivity index (χ3n) is 3.33. The number of methoxy groups -OCH3 is 1. The van der Waals surface area contributed by atoms with Gasteiger partial charge in [0.2, 0.25) is 0 Å². The molecule has 1 atom stereocenters. The van der Waals surface area contributed by atoms with E-state index in [2.05, 4.69) is 6.92 Å². The van der Waals surface area contributed by atoms with E-state index in [-0.39, 0.29) is 6.04 Å². The van der Waals surface area contributed by atoms with Crippen LogP contribution in [0, 0.1) is 0 Å². The molecule has 0 fully saturated rings. The average Bonchev–Trinajstić information content (AvgIpc) is 2.50. The first-order valence-electron chi connectivity index (χ1n) is 6.99. The van der Waals surface area contributed by atoms with Crippen molar-refractivity contribution in [1.82, 2.24) is 0 Å². The van der Waals surface area contributed by atoms with E-state index in [4.69, 9.17) is 26.8 Å². The van der Waals surface area contributed by atoms with Crippen molar-refractivity contribution in [3.63, 3.8) is 0 Å². The van der Waals surface area contributed by atoms with Crippen LogP contribution in [0.2, 0.25) is 5.02 Å². The second-order valence-electron chi connectivity index (χ2n) is 4.88. The standard InChI is InChI=1S/C17H20ClNO2/c1-3-13(19)10-12-8-9-14(11-15(12)18)21-17-7-5-4-6-16(17)20-2/h4-9,11,13H,3,10,19H2,1-2H3. The number of rotatable bonds is 6. The molecular weight excluding hydrogens is 286 g/mol. The van der Waals surface area contributed by atoms with Crippen LogP contribution in [0.15, 0.2) is 42.5 Å². The zero-order valence-corrected chi connectivity index (χ0v) is 13.1. The maximum Gasteiger partial charge on any atom is 0.169 e. The molecule has 0 radical (unpaired) electrons. The van der Waals surface area contributed by atoms with Gasteiger partial charge in [-0.2, -0.15) is 0 Å². The summed E-state index contributed by atoms with van der Waals surface area (Å²) in [6, 6.07) is 13.3. The fourth-order valence-electron chi connectivity index (χ4n) is 2.01. The van der Waals surface area contributed by atoms with E-state index in [0.29, 0.717) is 22.3 Å². The van der Waals surface area contributed by atoms with Gasteiger partial charge in [0.1, 0.15) is 5.75 Å². The Morgan fingerprint density at radius 2 is 1.86 bits per heavy atom. The molecule has 0 bridgehead atoms. The molecule has 1 unspecified atom stereocenters. The molecule has 3 nitrogen and oxygen atoms in total. The summed E-state index contributed by atoms with van der Waals surface area (Å²) >= 11 is 6.30. The number of hydrogen-bond acceptors (Lipinski definition) is 3. The highest BCUT2D eigenvalue weighted by Crippen LogP contribution is 2.33. The average molecular weight is 306 g/mol. The Balaban J connectivity index is 2.16. The van der Waals surface area contributed by atoms with E-state index in [9.17, 15) is 0 Å². The fraction of sp³-hybridized carbons (Fsp3) is 0.294. The van der Waals surface area contributed by atoms with E-state index < -0.39 is 0 Å². The summed E-state index contributed by atoms with van der Waals surface area (Å²) in [5, 5.41) is 0.672. The summed E-state index contributed by atoms with van der Waals surface area (Å²) in [6.07, 6.45) is 1.69. The highest BCUT2D eigenvalue weighted by Gasteiger charge is 2.09. The lowest BCUT2D eigenvalue weighted by atomic mass is 10.0. The number of benzene rings is 2. The minimum absolute atomic E-state index is 0.128. The van der Waals surface area contributed by atoms with Gasteiger partial charge in [0.05, 0.1) is 7.11 Å². The van der Waals surface area contributed by atoms with E-state index >= 15 is 0 Å². The lowest BCUT2D eigenvalue weighted by molar-refractivity contribution is 0.379. The van der Waals surface area contributed by atoms with Crippen LogP contribution in [0.1, 0.15) is 18.9 Å². The normalized spacial score (nSPS) is 12.0. The Bertz CT molecular complexity index is 601. The third kappa shape index (κ3) is 4.13. The number of ether oxygens (including phenoxy) is 2. The van der Waals surface area contributed by atoms with Crippen molar-refractivity contribution in [3.05, 3.63) is 53.1 Å². The van der Waals surface area contributed by atoms with E-state index in [1.165, 1.54) is 0 Å². The molecule has 0 heterocycles. The Labute approximate surface area is 130 Å². The Kier molecular flexibility index (Phi) is 5.48. The molecule has 0 aliphatic carbocycles. The van der Waals surface area contributed by atoms with Gasteiger partial charge in [-0.25, -0.2) is 0 Å². The zero-order valence-electron chi connectivity index (χ0n) is 12.3. The van der Waals surface area contributed by atoms with Crippen molar-refractivity contribution >= 4 is 11.6 Å². The first-order chi connectivity index (χ1) is 10.1. The molecule has 0 saturated carbocycles. The van der Waals surface area contributed by atoms with Crippen molar-refractivity contribution < 1.29 is 9.47 Å². The molecule has 0 amide bonds. The maximum atomic E-state index is 6.30. The van der Waals surface area contributed by atoms with Crippen molar-refractivity contribution in [2.45, 2.75) is 25.8 Å². The highest BCUT2D eigenvalue weighted by molar-refractivity contribution is 6.31. The van der Waals surface area contributed by atoms with E-state index in [1.54, 1.807) is 7.11 Å². The molecule has 0 aliphatic heterocycles. The Morgan fingerprint density at radius 1 is 1.14 bits per heavy atom. The van der Waals surface area contributed by atoms with E-state index in [0.717, 1.165) is 18.4 Å². The minimum atomic E-state index is 0.128. The van der Waals surface area contributed by atoms with Gasteiger partial charge in [0, 0.05) is 11.1 Å². The molecule has 2 aromatic rings. The second-order valence-corrected chi connectivity index (χ2v) is 5.29. The van der Waals surface area contributed by atoms with Crippen LogP contribution >= 0.6 is 11.6 Å². The summed E-state index contributed by atoms with van der Waals surface area (Å²) in [7, 11) is 1.62. The van der Waals surface area contributed by atoms with Gasteiger partial charge in [-0.15, -0.1) is 0 Å². The lowest BCUT2D eigenvalue weighted by Crippen LogP contribution is -2.21. The molecule has 21 heavy (non-hydrogen) atoms. The molecule has 0 aromatic heterocycles. The van der Waals surface area contributed by atoms with Gasteiger partial charge < -0.3 is 15.2 Å². The zero-order chi connectivity index (χ0) is 15.2. The molecule has 0 saturated heterocycles. The predicted octanol–water partition coefficient (Wildman–Crippen LogP) is 4.42. The van der Waals surface area contributed by atoms with Gasteiger partial charge in [-0.1, -0.05) is 36.7 Å². The smallest absolute Gasteiger partial charge is 0.169 e. The molecule has 112 valence electrons. The number of halogens is 1. The molecule has 2 aromatic carbocycles. The highest BCUT2D eigenvalue weighted by atomic mass is 35.5. The quantitative estimate of drug-likeness (QED) is 0.859. The lowest BCUT2D eigenvalue weighted by Gasteiger charge is -2.13. The number of para-hydroxylation sites is 2. The maximum absolute atomic E-state index is 6.30. The molecule has 2 N–H and O–H groups in total. The van der Waals surface area contributed by atoms with E-state index in [1.807, 2.05) is 42.5 Å². The molecule has 2 rings (SSSR count). The molecule has 4 heteroatoms. The summed E-state index contributed by atoms with van der Waals surface area (Å²) in [5.74, 6) is 2.03.